The van der Waals surface area contributed by atoms with Crippen molar-refractivity contribution in [1.82, 2.24) is 8.28 Å². The second-order valence-electron chi connectivity index (χ2n) is 11.3. The first-order chi connectivity index (χ1) is 20.1. The van der Waals surface area contributed by atoms with E-state index in [1.165, 1.54) is 15.3 Å². The van der Waals surface area contributed by atoms with Crippen LogP contribution < -0.4 is 0 Å². The Balaban J connectivity index is 1.63. The maximum Gasteiger partial charge on any atom is 0.335 e. The molecule has 0 spiro atoms. The van der Waals surface area contributed by atoms with Gasteiger partial charge in [-0.25, -0.2) is 13.6 Å². The highest BCUT2D eigenvalue weighted by atomic mass is 32.2. The van der Waals surface area contributed by atoms with E-state index in [0.29, 0.717) is 46.0 Å². The van der Waals surface area contributed by atoms with Gasteiger partial charge in [-0.2, -0.15) is 24.1 Å². The summed E-state index contributed by atoms with van der Waals surface area (Å²) in [6, 6.07) is 23.6. The van der Waals surface area contributed by atoms with Crippen LogP contribution in [0.1, 0.15) is 37.0 Å². The Kier molecular flexibility index (Phi) is 7.01. The smallest absolute Gasteiger partial charge is 0.335 e. The number of nitrogens with zero attached hydrogens (tertiary/aromatic N) is 3. The monoisotopic (exact) mass is 595 g/mol. The summed E-state index contributed by atoms with van der Waals surface area (Å²) >= 11 is 1.33. The average Bonchev–Trinajstić information content (AvgIpc) is 3.59. The van der Waals surface area contributed by atoms with Gasteiger partial charge in [-0.3, -0.25) is 0 Å². The topological polar surface area (TPSA) is 84.0 Å². The summed E-state index contributed by atoms with van der Waals surface area (Å²) in [5, 5.41) is 12.4. The minimum absolute atomic E-state index is 0.0739. The van der Waals surface area contributed by atoms with Gasteiger partial charge in [-0.15, -0.1) is 0 Å². The molecule has 1 aliphatic heterocycles. The van der Waals surface area contributed by atoms with E-state index in [-0.39, 0.29) is 11.0 Å². The Labute approximate surface area is 249 Å². The fourth-order valence-electron chi connectivity index (χ4n) is 5.65. The molecule has 1 aliphatic rings. The van der Waals surface area contributed by atoms with Crippen molar-refractivity contribution in [2.75, 3.05) is 13.1 Å². The summed E-state index contributed by atoms with van der Waals surface area (Å²) in [7, 11) is -3.99. The summed E-state index contributed by atoms with van der Waals surface area (Å²) < 4.78 is 32.2. The number of piperidine rings is 1. The highest BCUT2D eigenvalue weighted by molar-refractivity contribution is 7.87. The maximum absolute atomic E-state index is 14.6. The van der Waals surface area contributed by atoms with E-state index < -0.39 is 16.2 Å². The van der Waals surface area contributed by atoms with Gasteiger partial charge < -0.3 is 5.11 Å². The molecule has 0 radical (unpaired) electrons. The van der Waals surface area contributed by atoms with Crippen LogP contribution in [-0.4, -0.2) is 40.9 Å². The number of benzene rings is 3. The van der Waals surface area contributed by atoms with E-state index in [2.05, 4.69) is 18.7 Å². The number of hydrogen-bond acceptors (Lipinski definition) is 4. The molecule has 6 rings (SSSR count). The Bertz CT molecular complexity index is 1970. The quantitative estimate of drug-likeness (QED) is 0.201. The molecule has 0 atom stereocenters. The molecule has 0 saturated carbocycles. The summed E-state index contributed by atoms with van der Waals surface area (Å²) in [5.74, 6) is -0.998. The van der Waals surface area contributed by atoms with Crippen LogP contribution in [0.5, 0.6) is 0 Å². The van der Waals surface area contributed by atoms with E-state index in [9.17, 15) is 18.3 Å². The van der Waals surface area contributed by atoms with Crippen molar-refractivity contribution in [2.24, 2.45) is 5.41 Å². The first kappa shape index (κ1) is 27.9. The van der Waals surface area contributed by atoms with Crippen molar-refractivity contribution in [1.29, 1.82) is 0 Å². The predicted molar refractivity (Wildman–Crippen MR) is 168 cm³/mol. The van der Waals surface area contributed by atoms with Crippen LogP contribution >= 0.6 is 11.3 Å². The normalized spacial score (nSPS) is 15.5. The molecule has 3 aromatic carbocycles. The fourth-order valence-corrected chi connectivity index (χ4v) is 8.05. The molecule has 5 aromatic rings. The van der Waals surface area contributed by atoms with Crippen molar-refractivity contribution in [3.05, 3.63) is 101 Å². The van der Waals surface area contributed by atoms with Crippen LogP contribution in [0.25, 0.3) is 49.3 Å². The number of rotatable bonds is 6. The highest BCUT2D eigenvalue weighted by Crippen LogP contribution is 2.48. The van der Waals surface area contributed by atoms with Crippen molar-refractivity contribution >= 4 is 43.4 Å². The average molecular weight is 596 g/mol. The van der Waals surface area contributed by atoms with Crippen LogP contribution in [0.3, 0.4) is 0 Å². The van der Waals surface area contributed by atoms with Crippen LogP contribution in [0, 0.1) is 12.0 Å². The van der Waals surface area contributed by atoms with Gasteiger partial charge in [-0.05, 0) is 59.0 Å². The second-order valence-corrected chi connectivity index (χ2v) is 14.0. The fraction of sp³-hybridized carbons (Fsp3) is 0.212. The minimum Gasteiger partial charge on any atom is -0.478 e. The number of para-hydroxylation sites is 1. The van der Waals surface area contributed by atoms with Gasteiger partial charge in [0.25, 0.3) is 0 Å². The van der Waals surface area contributed by atoms with E-state index >= 15 is 0 Å². The van der Waals surface area contributed by atoms with E-state index in [1.807, 2.05) is 60.0 Å². The lowest BCUT2D eigenvalue weighted by Crippen LogP contribution is -2.43. The van der Waals surface area contributed by atoms with Crippen molar-refractivity contribution < 1.29 is 18.3 Å². The van der Waals surface area contributed by atoms with Gasteiger partial charge in [0.05, 0.1) is 23.3 Å². The Morgan fingerprint density at radius 2 is 1.62 bits per heavy atom. The number of carboxylic acid groups (broad SMARTS) is 1. The molecule has 0 unspecified atom stereocenters. The molecule has 0 amide bonds. The summed E-state index contributed by atoms with van der Waals surface area (Å²) in [5.41, 5.74) is 5.05. The van der Waals surface area contributed by atoms with Crippen molar-refractivity contribution in [3.8, 4) is 33.5 Å². The third-order valence-electron chi connectivity index (χ3n) is 8.08. The number of fused-ring (bicyclic) bond motifs is 1. The summed E-state index contributed by atoms with van der Waals surface area (Å²) in [4.78, 5) is 15.2. The number of aromatic nitrogens is 1. The molecule has 42 heavy (non-hydrogen) atoms. The molecule has 1 N–H and O–H groups in total. The molecule has 3 heterocycles. The predicted octanol–water partition coefficient (Wildman–Crippen LogP) is 8.17. The first-order valence-electron chi connectivity index (χ1n) is 13.6. The summed E-state index contributed by atoms with van der Waals surface area (Å²) in [6.07, 6.45) is 1.53. The lowest BCUT2D eigenvalue weighted by atomic mass is 9.83. The number of hydrogen-bond donors (Lipinski definition) is 1. The van der Waals surface area contributed by atoms with Gasteiger partial charge in [0.15, 0.2) is 0 Å². The SMILES string of the molecule is [C-]#[N+]c1sccc1-c1c(-c2cccc(-c3ccc(C(=O)O)cc3)c2)n(S(=O)(=O)N2CCC(C)(C)CC2)c2ccccc12. The standard InChI is InChI=1S/C33H29N3O4S2/c1-33(2)16-18-35(19-17-33)42(39,40)36-28-10-5-4-9-26(28)29(27-15-20-41-31(27)34-3)30(36)25-8-6-7-24(21-25)22-11-13-23(14-12-22)32(37)38/h4-15,20-21H,16-19H2,1-2H3,(H,37,38). The number of aromatic carboxylic acids is 1. The zero-order valence-electron chi connectivity index (χ0n) is 23.2. The van der Waals surface area contributed by atoms with Gasteiger partial charge in [-0.1, -0.05) is 68.4 Å². The van der Waals surface area contributed by atoms with Crippen molar-refractivity contribution in [3.63, 3.8) is 0 Å². The molecule has 0 bridgehead atoms. The number of carbonyl (C=O) groups is 1. The highest BCUT2D eigenvalue weighted by Gasteiger charge is 2.36. The van der Waals surface area contributed by atoms with Gasteiger partial charge >= 0.3 is 16.2 Å². The van der Waals surface area contributed by atoms with E-state index in [1.54, 1.807) is 28.6 Å². The van der Waals surface area contributed by atoms with Crippen LogP contribution in [-0.2, 0) is 10.2 Å². The lowest BCUT2D eigenvalue weighted by molar-refractivity contribution is 0.0697. The molecule has 0 aliphatic carbocycles. The van der Waals surface area contributed by atoms with Gasteiger partial charge in [0.1, 0.15) is 0 Å². The number of carboxylic acids is 1. The molecule has 1 fully saturated rings. The molecular weight excluding hydrogens is 567 g/mol. The van der Waals surface area contributed by atoms with Crippen LogP contribution in [0.15, 0.2) is 84.2 Å². The number of thiophene rings is 1. The van der Waals surface area contributed by atoms with E-state index in [4.69, 9.17) is 6.57 Å². The zero-order valence-corrected chi connectivity index (χ0v) is 24.9. The summed E-state index contributed by atoms with van der Waals surface area (Å²) in [6.45, 7) is 13.0. The zero-order chi connectivity index (χ0) is 29.6. The third-order valence-corrected chi connectivity index (χ3v) is 10.7. The molecule has 212 valence electrons. The van der Waals surface area contributed by atoms with Crippen molar-refractivity contribution in [2.45, 2.75) is 26.7 Å². The van der Waals surface area contributed by atoms with E-state index in [0.717, 1.165) is 29.4 Å². The minimum atomic E-state index is -3.99. The lowest BCUT2D eigenvalue weighted by Gasteiger charge is -2.36. The first-order valence-corrected chi connectivity index (χ1v) is 15.9. The molecule has 1 saturated heterocycles. The Morgan fingerprint density at radius 3 is 2.31 bits per heavy atom. The van der Waals surface area contributed by atoms with Gasteiger partial charge in [0, 0.05) is 35.2 Å². The second kappa shape index (κ2) is 10.6. The molecular formula is C33H29N3O4S2. The molecule has 7 nitrogen and oxygen atoms in total. The molecule has 2 aromatic heterocycles. The van der Waals surface area contributed by atoms with Gasteiger partial charge in [0.2, 0.25) is 5.00 Å². The largest absolute Gasteiger partial charge is 0.478 e. The Morgan fingerprint density at radius 1 is 0.929 bits per heavy atom. The van der Waals surface area contributed by atoms with Crippen LogP contribution in [0.4, 0.5) is 5.00 Å². The Hall–Kier alpha value is -4.23. The maximum atomic E-state index is 14.6. The van der Waals surface area contributed by atoms with Crippen LogP contribution in [0.2, 0.25) is 0 Å². The molecule has 9 heteroatoms. The third kappa shape index (κ3) is 4.81.